The van der Waals surface area contributed by atoms with Gasteiger partial charge in [0.25, 0.3) is 0 Å². The predicted octanol–water partition coefficient (Wildman–Crippen LogP) is 4.62. The summed E-state index contributed by atoms with van der Waals surface area (Å²) in [6.45, 7) is 2.28. The summed E-state index contributed by atoms with van der Waals surface area (Å²) in [6.07, 6.45) is 7.45. The van der Waals surface area contributed by atoms with E-state index in [1.54, 1.807) is 5.57 Å². The highest BCUT2D eigenvalue weighted by Gasteiger charge is 2.31. The van der Waals surface area contributed by atoms with Gasteiger partial charge in [-0.05, 0) is 55.2 Å². The maximum atomic E-state index is 4.92. The van der Waals surface area contributed by atoms with Crippen LogP contribution >= 0.6 is 0 Å². The number of hydrogen-bond acceptors (Lipinski definition) is 1. The minimum Gasteiger partial charge on any atom is -0.253 e. The van der Waals surface area contributed by atoms with Gasteiger partial charge in [-0.15, -0.1) is 0 Å². The van der Waals surface area contributed by atoms with E-state index in [0.29, 0.717) is 5.92 Å². The Labute approximate surface area is 114 Å². The van der Waals surface area contributed by atoms with E-state index in [4.69, 9.17) is 4.98 Å². The first-order chi connectivity index (χ1) is 9.33. The van der Waals surface area contributed by atoms with E-state index in [2.05, 4.69) is 43.3 Å². The van der Waals surface area contributed by atoms with Crippen molar-refractivity contribution in [3.05, 3.63) is 53.2 Å². The summed E-state index contributed by atoms with van der Waals surface area (Å²) >= 11 is 0. The molecule has 1 heteroatoms. The van der Waals surface area contributed by atoms with Crippen molar-refractivity contribution in [3.63, 3.8) is 0 Å². The Morgan fingerprint density at radius 3 is 3.00 bits per heavy atom. The van der Waals surface area contributed by atoms with Gasteiger partial charge in [0.1, 0.15) is 0 Å². The number of para-hydroxylation sites is 1. The van der Waals surface area contributed by atoms with Crippen molar-refractivity contribution in [1.29, 1.82) is 0 Å². The second-order valence-corrected chi connectivity index (χ2v) is 6.00. The molecule has 1 aromatic heterocycles. The Morgan fingerprint density at radius 2 is 2.11 bits per heavy atom. The quantitative estimate of drug-likeness (QED) is 0.672. The van der Waals surface area contributed by atoms with Crippen molar-refractivity contribution in [1.82, 2.24) is 4.98 Å². The van der Waals surface area contributed by atoms with Crippen LogP contribution in [0.15, 0.2) is 42.0 Å². The molecule has 0 radical (unpaired) electrons. The molecule has 1 heterocycles. The molecule has 2 aliphatic rings. The van der Waals surface area contributed by atoms with Crippen LogP contribution in [0.1, 0.15) is 43.4 Å². The number of nitrogens with zero attached hydrogens (tertiary/aromatic N) is 1. The molecule has 0 amide bonds. The minimum atomic E-state index is 0.714. The Kier molecular flexibility index (Phi) is 2.48. The van der Waals surface area contributed by atoms with Gasteiger partial charge < -0.3 is 0 Å². The number of fused-ring (bicyclic) bond motifs is 5. The van der Waals surface area contributed by atoms with E-state index in [1.165, 1.54) is 35.9 Å². The fourth-order valence-corrected chi connectivity index (χ4v) is 3.81. The SMILES string of the molecule is CCC1=C[C@@H]2Cc3nc4ccccc4cc3C(C1)C2. The lowest BCUT2D eigenvalue weighted by molar-refractivity contribution is 0.428. The summed E-state index contributed by atoms with van der Waals surface area (Å²) in [6, 6.07) is 10.9. The zero-order chi connectivity index (χ0) is 12.8. The van der Waals surface area contributed by atoms with Gasteiger partial charge in [-0.3, -0.25) is 4.98 Å². The smallest absolute Gasteiger partial charge is 0.0705 e. The molecule has 1 unspecified atom stereocenters. The highest BCUT2D eigenvalue weighted by Crippen LogP contribution is 2.44. The van der Waals surface area contributed by atoms with Crippen LogP contribution in [0.3, 0.4) is 0 Å². The van der Waals surface area contributed by atoms with Crippen LogP contribution in [-0.2, 0) is 6.42 Å². The third kappa shape index (κ3) is 1.80. The van der Waals surface area contributed by atoms with Crippen molar-refractivity contribution < 1.29 is 0 Å². The molecule has 2 aliphatic carbocycles. The molecular weight excluding hydrogens is 230 g/mol. The van der Waals surface area contributed by atoms with Crippen molar-refractivity contribution in [2.75, 3.05) is 0 Å². The Balaban J connectivity index is 1.85. The van der Waals surface area contributed by atoms with Gasteiger partial charge in [0.15, 0.2) is 0 Å². The molecule has 2 atom stereocenters. The Hall–Kier alpha value is -1.63. The van der Waals surface area contributed by atoms with Gasteiger partial charge in [0.2, 0.25) is 0 Å². The third-order valence-corrected chi connectivity index (χ3v) is 4.75. The summed E-state index contributed by atoms with van der Waals surface area (Å²) < 4.78 is 0. The minimum absolute atomic E-state index is 0.714. The topological polar surface area (TPSA) is 12.9 Å². The summed E-state index contributed by atoms with van der Waals surface area (Å²) in [7, 11) is 0. The van der Waals surface area contributed by atoms with Crippen molar-refractivity contribution in [2.45, 2.75) is 38.5 Å². The van der Waals surface area contributed by atoms with E-state index in [-0.39, 0.29) is 0 Å². The van der Waals surface area contributed by atoms with E-state index in [9.17, 15) is 0 Å². The van der Waals surface area contributed by atoms with Gasteiger partial charge in [-0.25, -0.2) is 0 Å². The van der Waals surface area contributed by atoms with Crippen LogP contribution < -0.4 is 0 Å². The van der Waals surface area contributed by atoms with Crippen LogP contribution in [0.5, 0.6) is 0 Å². The third-order valence-electron chi connectivity index (χ3n) is 4.75. The number of rotatable bonds is 1. The molecule has 0 N–H and O–H groups in total. The van der Waals surface area contributed by atoms with E-state index >= 15 is 0 Å². The first kappa shape index (κ1) is 11.2. The number of allylic oxidation sites excluding steroid dienone is 2. The molecule has 0 saturated carbocycles. The molecule has 96 valence electrons. The monoisotopic (exact) mass is 249 g/mol. The maximum Gasteiger partial charge on any atom is 0.0705 e. The van der Waals surface area contributed by atoms with Crippen LogP contribution in [0.25, 0.3) is 10.9 Å². The summed E-state index contributed by atoms with van der Waals surface area (Å²) in [5, 5.41) is 1.30. The first-order valence-electron chi connectivity index (χ1n) is 7.41. The largest absolute Gasteiger partial charge is 0.253 e. The van der Waals surface area contributed by atoms with Crippen molar-refractivity contribution >= 4 is 10.9 Å². The summed E-state index contributed by atoms with van der Waals surface area (Å²) in [5.74, 6) is 1.45. The van der Waals surface area contributed by atoms with Crippen molar-refractivity contribution in [3.8, 4) is 0 Å². The van der Waals surface area contributed by atoms with Crippen LogP contribution in [-0.4, -0.2) is 4.98 Å². The molecule has 0 fully saturated rings. The molecule has 1 aromatic carbocycles. The number of pyridine rings is 1. The van der Waals surface area contributed by atoms with E-state index < -0.39 is 0 Å². The second kappa shape index (κ2) is 4.19. The Morgan fingerprint density at radius 1 is 1.21 bits per heavy atom. The number of hydrogen-bond donors (Lipinski definition) is 0. The molecule has 0 aliphatic heterocycles. The van der Waals surface area contributed by atoms with Gasteiger partial charge in [-0.1, -0.05) is 36.8 Å². The highest BCUT2D eigenvalue weighted by molar-refractivity contribution is 5.79. The van der Waals surface area contributed by atoms with Crippen molar-refractivity contribution in [2.24, 2.45) is 5.92 Å². The summed E-state index contributed by atoms with van der Waals surface area (Å²) in [4.78, 5) is 4.92. The average molecular weight is 249 g/mol. The molecule has 2 bridgehead atoms. The molecule has 19 heavy (non-hydrogen) atoms. The zero-order valence-corrected chi connectivity index (χ0v) is 11.4. The molecule has 0 saturated heterocycles. The Bertz CT molecular complexity index is 668. The fourth-order valence-electron chi connectivity index (χ4n) is 3.81. The maximum absolute atomic E-state index is 4.92. The lowest BCUT2D eigenvalue weighted by Gasteiger charge is -2.35. The zero-order valence-electron chi connectivity index (χ0n) is 11.4. The van der Waals surface area contributed by atoms with Crippen LogP contribution in [0.4, 0.5) is 0 Å². The van der Waals surface area contributed by atoms with Crippen LogP contribution in [0, 0.1) is 5.92 Å². The van der Waals surface area contributed by atoms with E-state index in [1.807, 2.05) is 0 Å². The van der Waals surface area contributed by atoms with Gasteiger partial charge in [0, 0.05) is 11.1 Å². The lowest BCUT2D eigenvalue weighted by Crippen LogP contribution is -2.23. The number of aromatic nitrogens is 1. The van der Waals surface area contributed by atoms with Crippen LogP contribution in [0.2, 0.25) is 0 Å². The van der Waals surface area contributed by atoms with Gasteiger partial charge >= 0.3 is 0 Å². The highest BCUT2D eigenvalue weighted by atomic mass is 14.7. The molecule has 1 nitrogen and oxygen atoms in total. The molecule has 0 spiro atoms. The average Bonchev–Trinajstić information content (AvgIpc) is 2.45. The van der Waals surface area contributed by atoms with E-state index in [0.717, 1.165) is 17.9 Å². The molecule has 4 rings (SSSR count). The predicted molar refractivity (Wildman–Crippen MR) is 79.3 cm³/mol. The van der Waals surface area contributed by atoms with Gasteiger partial charge in [-0.2, -0.15) is 0 Å². The normalized spacial score (nSPS) is 25.0. The number of benzene rings is 1. The fraction of sp³-hybridized carbons (Fsp3) is 0.389. The summed E-state index contributed by atoms with van der Waals surface area (Å²) in [5.41, 5.74) is 5.68. The standard InChI is InChI=1S/C18H19N/c1-2-12-7-13-9-15(8-12)16-11-14-5-3-4-6-17(14)19-18(16)10-13/h3-7,11,13,15H,2,8-10H2,1H3/t13-,15?/m0/s1. The molecular formula is C18H19N. The molecule has 2 aromatic rings. The first-order valence-corrected chi connectivity index (χ1v) is 7.41. The lowest BCUT2D eigenvalue weighted by atomic mass is 9.71. The second-order valence-electron chi connectivity index (χ2n) is 6.00. The van der Waals surface area contributed by atoms with Gasteiger partial charge in [0.05, 0.1) is 5.52 Å².